The van der Waals surface area contributed by atoms with Crippen molar-refractivity contribution in [1.29, 1.82) is 5.26 Å². The summed E-state index contributed by atoms with van der Waals surface area (Å²) in [5, 5.41) is 12.0. The molecule has 0 saturated carbocycles. The number of sulfonamides is 1. The second-order valence-electron chi connectivity index (χ2n) is 8.55. The maximum Gasteiger partial charge on any atom is 0.264 e. The Labute approximate surface area is 189 Å². The van der Waals surface area contributed by atoms with E-state index in [1.165, 1.54) is 11.4 Å². The minimum Gasteiger partial charge on any atom is -0.328 e. The van der Waals surface area contributed by atoms with Crippen molar-refractivity contribution in [2.24, 2.45) is 0 Å². The lowest BCUT2D eigenvalue weighted by molar-refractivity contribution is 0.102. The molecule has 0 saturated heterocycles. The van der Waals surface area contributed by atoms with Gasteiger partial charge in [-0.3, -0.25) is 9.10 Å². The van der Waals surface area contributed by atoms with E-state index in [1.807, 2.05) is 32.3 Å². The largest absolute Gasteiger partial charge is 0.328 e. The van der Waals surface area contributed by atoms with E-state index in [-0.39, 0.29) is 16.3 Å². The van der Waals surface area contributed by atoms with Crippen molar-refractivity contribution in [1.82, 2.24) is 4.57 Å². The van der Waals surface area contributed by atoms with Crippen LogP contribution < -0.4 is 9.62 Å². The Morgan fingerprint density at radius 1 is 1.06 bits per heavy atom. The number of aryl methyl sites for hydroxylation is 1. The van der Waals surface area contributed by atoms with Crippen molar-refractivity contribution >= 4 is 27.4 Å². The highest BCUT2D eigenvalue weighted by Gasteiger charge is 2.22. The number of carbonyl (C=O) groups excluding carboxylic acids is 1. The monoisotopic (exact) mass is 450 g/mol. The van der Waals surface area contributed by atoms with Gasteiger partial charge in [0.05, 0.1) is 16.1 Å². The van der Waals surface area contributed by atoms with Crippen molar-refractivity contribution in [2.45, 2.75) is 38.1 Å². The maximum absolute atomic E-state index is 12.9. The first-order valence-corrected chi connectivity index (χ1v) is 11.5. The highest BCUT2D eigenvalue weighted by atomic mass is 32.2. The molecule has 0 atom stereocenters. The molecule has 32 heavy (non-hydrogen) atoms. The normalized spacial score (nSPS) is 11.6. The number of hydrogen-bond donors (Lipinski definition) is 1. The zero-order valence-corrected chi connectivity index (χ0v) is 19.6. The Kier molecular flexibility index (Phi) is 6.15. The molecular weight excluding hydrogens is 424 g/mol. The van der Waals surface area contributed by atoms with Crippen molar-refractivity contribution in [3.63, 3.8) is 0 Å². The number of aromatic nitrogens is 1. The zero-order chi connectivity index (χ0) is 23.7. The molecule has 0 aliphatic heterocycles. The van der Waals surface area contributed by atoms with Gasteiger partial charge in [-0.15, -0.1) is 0 Å². The summed E-state index contributed by atoms with van der Waals surface area (Å²) >= 11 is 0. The number of anilines is 2. The van der Waals surface area contributed by atoms with Gasteiger partial charge in [-0.05, 0) is 70.2 Å². The third kappa shape index (κ3) is 4.68. The lowest BCUT2D eigenvalue weighted by atomic mass is 10.1. The van der Waals surface area contributed by atoms with Crippen LogP contribution in [0.5, 0.6) is 0 Å². The molecule has 7 nitrogen and oxygen atoms in total. The van der Waals surface area contributed by atoms with E-state index >= 15 is 0 Å². The molecule has 0 bridgehead atoms. The second-order valence-corrected chi connectivity index (χ2v) is 10.5. The maximum atomic E-state index is 12.9. The lowest BCUT2D eigenvalue weighted by Gasteiger charge is -2.24. The fourth-order valence-electron chi connectivity index (χ4n) is 3.19. The van der Waals surface area contributed by atoms with Gasteiger partial charge in [0.25, 0.3) is 15.9 Å². The Balaban J connectivity index is 1.82. The van der Waals surface area contributed by atoms with E-state index in [9.17, 15) is 18.5 Å². The highest BCUT2D eigenvalue weighted by molar-refractivity contribution is 7.92. The molecule has 2 aromatic carbocycles. The molecule has 1 N–H and O–H groups in total. The van der Waals surface area contributed by atoms with Gasteiger partial charge in [0.15, 0.2) is 0 Å². The smallest absolute Gasteiger partial charge is 0.264 e. The van der Waals surface area contributed by atoms with Crippen molar-refractivity contribution in [2.75, 3.05) is 16.7 Å². The number of carbonyl (C=O) groups is 1. The number of nitrogens with zero attached hydrogens (tertiary/aromatic N) is 3. The van der Waals surface area contributed by atoms with Crippen LogP contribution in [0.2, 0.25) is 0 Å². The second kappa shape index (κ2) is 8.52. The van der Waals surface area contributed by atoms with E-state index in [4.69, 9.17) is 0 Å². The van der Waals surface area contributed by atoms with E-state index < -0.39 is 10.0 Å². The van der Waals surface area contributed by atoms with Crippen molar-refractivity contribution in [3.05, 3.63) is 77.5 Å². The van der Waals surface area contributed by atoms with Crippen LogP contribution in [0.1, 0.15) is 42.3 Å². The van der Waals surface area contributed by atoms with Crippen LogP contribution in [0.4, 0.5) is 11.5 Å². The molecule has 3 rings (SSSR count). The molecule has 0 fully saturated rings. The van der Waals surface area contributed by atoms with Gasteiger partial charge < -0.3 is 9.88 Å². The summed E-state index contributed by atoms with van der Waals surface area (Å²) in [6.07, 6.45) is 1.70. The molecule has 1 heterocycles. The molecule has 166 valence electrons. The van der Waals surface area contributed by atoms with Gasteiger partial charge in [-0.1, -0.05) is 17.7 Å². The van der Waals surface area contributed by atoms with Crippen LogP contribution in [0, 0.1) is 18.3 Å². The standard InChI is InChI=1S/C24H26N4O3S/c1-17-6-12-21(13-7-17)32(30,31)27(5)20-10-8-19(9-11-20)23(29)26-22-14-18(15-25)16-28(22)24(2,3)4/h6-14,16H,1-5H3,(H,26,29). The fraction of sp³-hybridized carbons (Fsp3) is 0.250. The van der Waals surface area contributed by atoms with Crippen molar-refractivity contribution in [3.8, 4) is 6.07 Å². The van der Waals surface area contributed by atoms with Gasteiger partial charge in [0, 0.05) is 24.3 Å². The molecule has 0 spiro atoms. The predicted molar refractivity (Wildman–Crippen MR) is 125 cm³/mol. The van der Waals surface area contributed by atoms with Crippen LogP contribution >= 0.6 is 0 Å². The summed E-state index contributed by atoms with van der Waals surface area (Å²) in [6, 6.07) is 16.7. The third-order valence-corrected chi connectivity index (χ3v) is 6.89. The molecule has 0 unspecified atom stereocenters. The Hall–Kier alpha value is -3.57. The molecule has 0 aliphatic carbocycles. The van der Waals surface area contributed by atoms with E-state index in [0.717, 1.165) is 5.56 Å². The minimum absolute atomic E-state index is 0.198. The van der Waals surface area contributed by atoms with Gasteiger partial charge in [0.1, 0.15) is 11.9 Å². The number of amides is 1. The summed E-state index contributed by atoms with van der Waals surface area (Å²) in [6.45, 7) is 7.82. The topological polar surface area (TPSA) is 95.2 Å². The van der Waals surface area contributed by atoms with Gasteiger partial charge in [-0.25, -0.2) is 8.42 Å². The molecule has 1 amide bonds. The van der Waals surface area contributed by atoms with Crippen molar-refractivity contribution < 1.29 is 13.2 Å². The number of nitrogens with one attached hydrogen (secondary N) is 1. The summed E-state index contributed by atoms with van der Waals surface area (Å²) < 4.78 is 28.8. The third-order valence-electron chi connectivity index (χ3n) is 5.09. The zero-order valence-electron chi connectivity index (χ0n) is 18.7. The average Bonchev–Trinajstić information content (AvgIpc) is 3.17. The molecule has 1 aromatic heterocycles. The summed E-state index contributed by atoms with van der Waals surface area (Å²) in [5.74, 6) is 0.163. The van der Waals surface area contributed by atoms with Crippen LogP contribution in [0.3, 0.4) is 0 Å². The van der Waals surface area contributed by atoms with Gasteiger partial charge in [0.2, 0.25) is 0 Å². The first-order chi connectivity index (χ1) is 14.9. The van der Waals surface area contributed by atoms with Crippen LogP contribution in [0.15, 0.2) is 65.7 Å². The van der Waals surface area contributed by atoms with E-state index in [0.29, 0.717) is 22.6 Å². The Morgan fingerprint density at radius 2 is 1.66 bits per heavy atom. The molecule has 3 aromatic rings. The lowest BCUT2D eigenvalue weighted by Crippen LogP contribution is -2.26. The van der Waals surface area contributed by atoms with E-state index in [1.54, 1.807) is 60.8 Å². The average molecular weight is 451 g/mol. The summed E-state index contributed by atoms with van der Waals surface area (Å²) in [5.41, 5.74) is 1.91. The summed E-state index contributed by atoms with van der Waals surface area (Å²) in [4.78, 5) is 13.0. The number of hydrogen-bond acceptors (Lipinski definition) is 4. The minimum atomic E-state index is -3.71. The first-order valence-electron chi connectivity index (χ1n) is 10.0. The molecule has 8 heteroatoms. The molecular formula is C24H26N4O3S. The number of benzene rings is 2. The number of nitriles is 1. The highest BCUT2D eigenvalue weighted by Crippen LogP contribution is 2.26. The summed E-state index contributed by atoms with van der Waals surface area (Å²) in [7, 11) is -2.24. The SMILES string of the molecule is Cc1ccc(S(=O)(=O)N(C)c2ccc(C(=O)Nc3cc(C#N)cn3C(C)(C)C)cc2)cc1. The van der Waals surface area contributed by atoms with E-state index in [2.05, 4.69) is 11.4 Å². The quantitative estimate of drug-likeness (QED) is 0.619. The van der Waals surface area contributed by atoms with Crippen LogP contribution in [-0.2, 0) is 15.6 Å². The van der Waals surface area contributed by atoms with Crippen LogP contribution in [0.25, 0.3) is 0 Å². The van der Waals surface area contributed by atoms with Crippen LogP contribution in [-0.4, -0.2) is 25.9 Å². The number of rotatable bonds is 5. The molecule has 0 radical (unpaired) electrons. The Morgan fingerprint density at radius 3 is 2.19 bits per heavy atom. The predicted octanol–water partition coefficient (Wildman–Crippen LogP) is 4.50. The van der Waals surface area contributed by atoms with Gasteiger partial charge >= 0.3 is 0 Å². The first kappa shape index (κ1) is 23.1. The molecule has 0 aliphatic rings. The van der Waals surface area contributed by atoms with Gasteiger partial charge in [-0.2, -0.15) is 5.26 Å². The Bertz CT molecular complexity index is 1280. The fourth-order valence-corrected chi connectivity index (χ4v) is 4.39.